The number of phosphoric acid groups is 1. The molecule has 0 aliphatic heterocycles. The molecule has 0 heterocycles. The molecule has 5 N–H and O–H groups in total. The number of phosphoric ester groups is 1. The fraction of sp³-hybridized carbons (Fsp3) is 0.711. The van der Waals surface area contributed by atoms with E-state index in [2.05, 4.69) is 79.9 Å². The molecule has 3 unspecified atom stereocenters. The predicted octanol–water partition coefficient (Wildman–Crippen LogP) is 12.1. The summed E-state index contributed by atoms with van der Waals surface area (Å²) in [6.45, 7) is 3.95. The van der Waals surface area contributed by atoms with Gasteiger partial charge in [0.1, 0.15) is 0 Å². The molecule has 0 fully saturated rings. The Morgan fingerprint density at radius 3 is 1.65 bits per heavy atom. The molecule has 0 aromatic carbocycles. The zero-order valence-corrected chi connectivity index (χ0v) is 35.3. The van der Waals surface area contributed by atoms with Crippen LogP contribution in [0.5, 0.6) is 0 Å². The first-order chi connectivity index (χ1) is 26.4. The Hall–Kier alpha value is -2.06. The number of hydrogen-bond acceptors (Lipinski definition) is 6. The summed E-state index contributed by atoms with van der Waals surface area (Å²) in [5.41, 5.74) is 5.36. The van der Waals surface area contributed by atoms with Crippen molar-refractivity contribution in [1.29, 1.82) is 0 Å². The van der Waals surface area contributed by atoms with Gasteiger partial charge >= 0.3 is 7.82 Å². The van der Waals surface area contributed by atoms with Crippen molar-refractivity contribution in [3.63, 3.8) is 0 Å². The van der Waals surface area contributed by atoms with Gasteiger partial charge in [0, 0.05) is 13.0 Å². The van der Waals surface area contributed by atoms with E-state index in [-0.39, 0.29) is 32.1 Å². The highest BCUT2D eigenvalue weighted by molar-refractivity contribution is 7.47. The maximum atomic E-state index is 12.7. The van der Waals surface area contributed by atoms with E-state index in [1.165, 1.54) is 89.9 Å². The lowest BCUT2D eigenvalue weighted by molar-refractivity contribution is -0.123. The van der Waals surface area contributed by atoms with E-state index in [0.29, 0.717) is 6.42 Å². The molecule has 0 aliphatic rings. The minimum absolute atomic E-state index is 0.0637. The zero-order chi connectivity index (χ0) is 39.6. The molecule has 3 atom stereocenters. The fourth-order valence-electron chi connectivity index (χ4n) is 5.78. The van der Waals surface area contributed by atoms with Crippen LogP contribution >= 0.6 is 7.82 Å². The Bertz CT molecular complexity index is 1070. The van der Waals surface area contributed by atoms with Crippen molar-refractivity contribution in [2.75, 3.05) is 19.8 Å². The first kappa shape index (κ1) is 51.9. The second-order valence-electron chi connectivity index (χ2n) is 14.2. The van der Waals surface area contributed by atoms with Gasteiger partial charge in [-0.1, -0.05) is 170 Å². The van der Waals surface area contributed by atoms with Crippen molar-refractivity contribution in [3.05, 3.63) is 72.9 Å². The maximum absolute atomic E-state index is 12.7. The average Bonchev–Trinajstić information content (AvgIpc) is 3.16. The number of nitrogens with two attached hydrogens (primary N) is 1. The molecular weight excluding hydrogens is 695 g/mol. The topological polar surface area (TPSA) is 131 Å². The first-order valence-electron chi connectivity index (χ1n) is 21.6. The molecule has 0 radical (unpaired) electrons. The van der Waals surface area contributed by atoms with Gasteiger partial charge in [0.05, 0.1) is 25.4 Å². The van der Waals surface area contributed by atoms with Crippen LogP contribution in [0, 0.1) is 0 Å². The Balaban J connectivity index is 4.34. The second kappa shape index (κ2) is 40.6. The van der Waals surface area contributed by atoms with Crippen LogP contribution in [0.15, 0.2) is 72.9 Å². The molecule has 0 rings (SSSR count). The highest BCUT2D eigenvalue weighted by Crippen LogP contribution is 2.43. The quantitative estimate of drug-likeness (QED) is 0.0278. The minimum Gasteiger partial charge on any atom is -0.387 e. The third kappa shape index (κ3) is 38.2. The van der Waals surface area contributed by atoms with Crippen LogP contribution in [0.25, 0.3) is 0 Å². The highest BCUT2D eigenvalue weighted by atomic mass is 31.2. The van der Waals surface area contributed by atoms with Crippen LogP contribution in [0.3, 0.4) is 0 Å². The molecule has 1 amide bonds. The molecule has 8 nitrogen and oxygen atoms in total. The molecule has 0 saturated carbocycles. The van der Waals surface area contributed by atoms with E-state index in [1.54, 1.807) is 6.08 Å². The number of allylic oxidation sites excluding steroid dienone is 11. The van der Waals surface area contributed by atoms with Gasteiger partial charge < -0.3 is 21.1 Å². The van der Waals surface area contributed by atoms with Crippen LogP contribution < -0.4 is 11.1 Å². The van der Waals surface area contributed by atoms with Gasteiger partial charge in [0.2, 0.25) is 5.91 Å². The molecule has 54 heavy (non-hydrogen) atoms. The Labute approximate surface area is 331 Å². The summed E-state index contributed by atoms with van der Waals surface area (Å²) in [4.78, 5) is 22.7. The summed E-state index contributed by atoms with van der Waals surface area (Å²) in [7, 11) is -4.36. The van der Waals surface area contributed by atoms with E-state index in [4.69, 9.17) is 14.8 Å². The number of unbranched alkanes of at least 4 members (excludes halogenated alkanes) is 17. The van der Waals surface area contributed by atoms with Crippen molar-refractivity contribution in [2.24, 2.45) is 5.73 Å². The molecule has 0 saturated heterocycles. The molecule has 312 valence electrons. The molecule has 0 spiro atoms. The number of aliphatic hydroxyl groups is 1. The van der Waals surface area contributed by atoms with E-state index in [0.717, 1.165) is 57.8 Å². The lowest BCUT2D eigenvalue weighted by Crippen LogP contribution is -2.45. The normalized spacial score (nSPS) is 14.8. The smallest absolute Gasteiger partial charge is 0.387 e. The number of nitrogens with one attached hydrogen (secondary N) is 1. The van der Waals surface area contributed by atoms with Gasteiger partial charge in [-0.15, -0.1) is 0 Å². The Kier molecular flexibility index (Phi) is 39.0. The number of carbonyl (C=O) groups is 1. The zero-order valence-electron chi connectivity index (χ0n) is 34.4. The van der Waals surface area contributed by atoms with Crippen molar-refractivity contribution >= 4 is 13.7 Å². The maximum Gasteiger partial charge on any atom is 0.472 e. The summed E-state index contributed by atoms with van der Waals surface area (Å²) in [5.74, 6) is -0.247. The van der Waals surface area contributed by atoms with Crippen LogP contribution in [0.2, 0.25) is 0 Å². The number of hydrogen-bond donors (Lipinski definition) is 4. The third-order valence-electron chi connectivity index (χ3n) is 9.02. The van der Waals surface area contributed by atoms with Gasteiger partial charge in [-0.2, -0.15) is 0 Å². The summed E-state index contributed by atoms with van der Waals surface area (Å²) < 4.78 is 22.1. The van der Waals surface area contributed by atoms with E-state index in [9.17, 15) is 19.4 Å². The lowest BCUT2D eigenvalue weighted by atomic mass is 10.0. The largest absolute Gasteiger partial charge is 0.472 e. The predicted molar refractivity (Wildman–Crippen MR) is 230 cm³/mol. The molecule has 0 aromatic rings. The van der Waals surface area contributed by atoms with Crippen LogP contribution in [0.1, 0.15) is 174 Å². The monoisotopic (exact) mass is 777 g/mol. The molecule has 0 aromatic heterocycles. The van der Waals surface area contributed by atoms with Crippen molar-refractivity contribution in [3.8, 4) is 0 Å². The third-order valence-corrected chi connectivity index (χ3v) is 10.0. The van der Waals surface area contributed by atoms with E-state index < -0.39 is 20.0 Å². The number of carbonyl (C=O) groups excluding carboxylic acids is 1. The Morgan fingerprint density at radius 2 is 1.09 bits per heavy atom. The van der Waals surface area contributed by atoms with Crippen molar-refractivity contribution < 1.29 is 28.4 Å². The minimum atomic E-state index is -4.36. The van der Waals surface area contributed by atoms with Gasteiger partial charge in [-0.05, 0) is 70.6 Å². The Morgan fingerprint density at radius 1 is 0.630 bits per heavy atom. The van der Waals surface area contributed by atoms with Gasteiger partial charge in [0.15, 0.2) is 0 Å². The molecular formula is C45H81N2O6P. The molecule has 0 bridgehead atoms. The summed E-state index contributed by atoms with van der Waals surface area (Å²) >= 11 is 0. The van der Waals surface area contributed by atoms with Crippen molar-refractivity contribution in [2.45, 2.75) is 187 Å². The van der Waals surface area contributed by atoms with E-state index >= 15 is 0 Å². The number of rotatable bonds is 39. The number of amides is 1. The lowest BCUT2D eigenvalue weighted by Gasteiger charge is -2.23. The second-order valence-corrected chi connectivity index (χ2v) is 15.6. The fourth-order valence-corrected chi connectivity index (χ4v) is 6.54. The van der Waals surface area contributed by atoms with Gasteiger partial charge in [-0.25, -0.2) is 4.57 Å². The standard InChI is InChI=1S/C45H81N2O6P/c1-3-5-7-9-11-13-15-17-19-20-21-22-23-25-26-28-30-32-34-36-38-44(48)43(42-53-54(50,51)52-41-40-46)47-45(49)39-37-35-33-31-29-27-24-18-16-14-12-10-8-6-4-2/h6,8,12,14,18,24,28-31,36,38,43-44,48H,3-5,7,9-11,13,15-17,19-23,25-27,32-35,37,39-42,46H2,1-2H3,(H,47,49)(H,50,51)/b8-6-,14-12-,24-18-,30-28+,31-29-,38-36+. The summed E-state index contributed by atoms with van der Waals surface area (Å²) in [6.07, 6.45) is 52.5. The van der Waals surface area contributed by atoms with Crippen LogP contribution in [0.4, 0.5) is 0 Å². The summed E-state index contributed by atoms with van der Waals surface area (Å²) in [6, 6.07) is -0.902. The van der Waals surface area contributed by atoms with Crippen molar-refractivity contribution in [1.82, 2.24) is 5.32 Å². The van der Waals surface area contributed by atoms with Crippen LogP contribution in [-0.4, -0.2) is 47.8 Å². The molecule has 9 heteroatoms. The number of aliphatic hydroxyl groups excluding tert-OH is 1. The SMILES string of the molecule is CC/C=C\C/C=C\C/C=C\C/C=C\CCCCC(=O)NC(COP(=O)(O)OCCN)C(O)/C=C/CC/C=C/CCCCCCCCCCCCCCCC. The van der Waals surface area contributed by atoms with Gasteiger partial charge in [0.25, 0.3) is 0 Å². The molecule has 0 aliphatic carbocycles. The van der Waals surface area contributed by atoms with Crippen LogP contribution in [-0.2, 0) is 18.4 Å². The first-order valence-corrected chi connectivity index (χ1v) is 23.1. The van der Waals surface area contributed by atoms with E-state index in [1.807, 2.05) is 6.08 Å². The average molecular weight is 777 g/mol. The highest BCUT2D eigenvalue weighted by Gasteiger charge is 2.26. The van der Waals surface area contributed by atoms with Gasteiger partial charge in [-0.3, -0.25) is 13.8 Å². The summed E-state index contributed by atoms with van der Waals surface area (Å²) in [5, 5.41) is 13.6.